The zero-order valence-corrected chi connectivity index (χ0v) is 15.2. The molecular formula is C20H21N3O4. The lowest BCUT2D eigenvalue weighted by Crippen LogP contribution is -2.35. The molecule has 0 spiro atoms. The second kappa shape index (κ2) is 7.59. The summed E-state index contributed by atoms with van der Waals surface area (Å²) in [5.74, 6) is -0.662. The molecule has 3 rings (SSSR count). The van der Waals surface area contributed by atoms with Gasteiger partial charge in [-0.25, -0.2) is 4.79 Å². The first-order chi connectivity index (χ1) is 12.9. The summed E-state index contributed by atoms with van der Waals surface area (Å²) >= 11 is 0. The van der Waals surface area contributed by atoms with Crippen LogP contribution in [0.2, 0.25) is 0 Å². The largest absolute Gasteiger partial charge is 0.392 e. The third-order valence-corrected chi connectivity index (χ3v) is 4.35. The van der Waals surface area contributed by atoms with E-state index in [4.69, 9.17) is 5.11 Å². The average Bonchev–Trinajstić information content (AvgIpc) is 2.90. The molecule has 0 aromatic heterocycles. The van der Waals surface area contributed by atoms with Gasteiger partial charge in [0.1, 0.15) is 0 Å². The number of carbonyl (C=O) groups is 3. The van der Waals surface area contributed by atoms with Crippen molar-refractivity contribution in [3.8, 4) is 0 Å². The van der Waals surface area contributed by atoms with Crippen LogP contribution in [0.5, 0.6) is 0 Å². The Morgan fingerprint density at radius 3 is 2.26 bits per heavy atom. The van der Waals surface area contributed by atoms with Crippen molar-refractivity contribution in [1.82, 2.24) is 10.2 Å². The molecule has 0 fully saturated rings. The van der Waals surface area contributed by atoms with E-state index in [2.05, 4.69) is 10.6 Å². The van der Waals surface area contributed by atoms with Gasteiger partial charge in [-0.05, 0) is 43.2 Å². The maximum Gasteiger partial charge on any atom is 0.319 e. The van der Waals surface area contributed by atoms with Crippen LogP contribution in [-0.2, 0) is 13.2 Å². The molecule has 0 unspecified atom stereocenters. The molecule has 1 aliphatic heterocycles. The molecule has 2 aromatic carbocycles. The Morgan fingerprint density at radius 1 is 1.00 bits per heavy atom. The van der Waals surface area contributed by atoms with Gasteiger partial charge in [0.25, 0.3) is 11.8 Å². The minimum Gasteiger partial charge on any atom is -0.392 e. The number of hydrogen-bond donors (Lipinski definition) is 3. The number of aliphatic hydroxyl groups is 1. The minimum atomic E-state index is -0.418. The van der Waals surface area contributed by atoms with Crippen LogP contribution in [0.3, 0.4) is 0 Å². The summed E-state index contributed by atoms with van der Waals surface area (Å²) in [6, 6.07) is 11.3. The molecule has 0 saturated heterocycles. The van der Waals surface area contributed by atoms with Crippen molar-refractivity contribution in [1.29, 1.82) is 0 Å². The Kier molecular flexibility index (Phi) is 5.23. The summed E-state index contributed by atoms with van der Waals surface area (Å²) in [4.78, 5) is 38.0. The standard InChI is InChI=1S/C20H21N3O4/c1-12(2)23-18(25)16-8-7-15(9-17(16)19(23)26)22-20(27)21-10-13-3-5-14(11-24)6-4-13/h3-9,12,24H,10-11H2,1-2H3,(H2,21,22,27). The number of nitrogens with one attached hydrogen (secondary N) is 2. The highest BCUT2D eigenvalue weighted by Crippen LogP contribution is 2.27. The monoisotopic (exact) mass is 367 g/mol. The van der Waals surface area contributed by atoms with Gasteiger partial charge < -0.3 is 15.7 Å². The predicted molar refractivity (Wildman–Crippen MR) is 100 cm³/mol. The van der Waals surface area contributed by atoms with Gasteiger partial charge >= 0.3 is 6.03 Å². The zero-order valence-electron chi connectivity index (χ0n) is 15.2. The normalized spacial score (nSPS) is 13.1. The highest BCUT2D eigenvalue weighted by molar-refractivity contribution is 6.22. The first kappa shape index (κ1) is 18.6. The van der Waals surface area contributed by atoms with E-state index in [9.17, 15) is 14.4 Å². The van der Waals surface area contributed by atoms with E-state index in [0.29, 0.717) is 23.4 Å². The SMILES string of the molecule is CC(C)N1C(=O)c2ccc(NC(=O)NCc3ccc(CO)cc3)cc2C1=O. The molecule has 0 radical (unpaired) electrons. The number of rotatable bonds is 5. The molecule has 0 bridgehead atoms. The molecule has 0 saturated carbocycles. The van der Waals surface area contributed by atoms with Crippen molar-refractivity contribution in [2.75, 3.05) is 5.32 Å². The molecule has 1 aliphatic rings. The maximum atomic E-state index is 12.4. The fraction of sp³-hybridized carbons (Fsp3) is 0.250. The van der Waals surface area contributed by atoms with Gasteiger partial charge in [0, 0.05) is 18.3 Å². The summed E-state index contributed by atoms with van der Waals surface area (Å²) in [5.41, 5.74) is 2.78. The molecule has 140 valence electrons. The third kappa shape index (κ3) is 3.83. The number of carbonyl (C=O) groups excluding carboxylic acids is 3. The van der Waals surface area contributed by atoms with E-state index >= 15 is 0 Å². The second-order valence-electron chi connectivity index (χ2n) is 6.62. The fourth-order valence-electron chi connectivity index (χ4n) is 2.93. The number of hydrogen-bond acceptors (Lipinski definition) is 4. The van der Waals surface area contributed by atoms with Crippen LogP contribution in [0.1, 0.15) is 45.7 Å². The first-order valence-electron chi connectivity index (χ1n) is 8.66. The number of amides is 4. The van der Waals surface area contributed by atoms with E-state index in [1.807, 2.05) is 12.1 Å². The van der Waals surface area contributed by atoms with Crippen LogP contribution in [0.25, 0.3) is 0 Å². The van der Waals surface area contributed by atoms with Gasteiger partial charge in [-0.2, -0.15) is 0 Å². The molecule has 7 heteroatoms. The van der Waals surface area contributed by atoms with E-state index in [0.717, 1.165) is 11.1 Å². The summed E-state index contributed by atoms with van der Waals surface area (Å²) < 4.78 is 0. The number of urea groups is 1. The number of aliphatic hydroxyl groups excluding tert-OH is 1. The van der Waals surface area contributed by atoms with Crippen molar-refractivity contribution in [3.63, 3.8) is 0 Å². The predicted octanol–water partition coefficient (Wildman–Crippen LogP) is 2.51. The zero-order chi connectivity index (χ0) is 19.6. The number of anilines is 1. The van der Waals surface area contributed by atoms with Crippen molar-refractivity contribution < 1.29 is 19.5 Å². The first-order valence-corrected chi connectivity index (χ1v) is 8.66. The fourth-order valence-corrected chi connectivity index (χ4v) is 2.93. The van der Waals surface area contributed by atoms with Crippen molar-refractivity contribution in [3.05, 3.63) is 64.7 Å². The molecule has 0 atom stereocenters. The second-order valence-corrected chi connectivity index (χ2v) is 6.62. The summed E-state index contributed by atoms with van der Waals surface area (Å²) in [5, 5.41) is 14.4. The molecule has 0 aliphatic carbocycles. The van der Waals surface area contributed by atoms with Crippen LogP contribution >= 0.6 is 0 Å². The molecule has 2 aromatic rings. The highest BCUT2D eigenvalue weighted by Gasteiger charge is 2.37. The van der Waals surface area contributed by atoms with E-state index in [1.165, 1.54) is 11.0 Å². The lowest BCUT2D eigenvalue weighted by molar-refractivity contribution is 0.0609. The van der Waals surface area contributed by atoms with Crippen molar-refractivity contribution >= 4 is 23.5 Å². The minimum absolute atomic E-state index is 0.0258. The van der Waals surface area contributed by atoms with E-state index in [1.54, 1.807) is 38.1 Å². The molecule has 3 N–H and O–H groups in total. The van der Waals surface area contributed by atoms with Crippen LogP contribution in [0.4, 0.5) is 10.5 Å². The Labute approximate surface area is 157 Å². The quantitative estimate of drug-likeness (QED) is 0.707. The van der Waals surface area contributed by atoms with Crippen LogP contribution in [0.15, 0.2) is 42.5 Å². The van der Waals surface area contributed by atoms with Crippen LogP contribution in [-0.4, -0.2) is 33.9 Å². The van der Waals surface area contributed by atoms with Gasteiger partial charge in [0.2, 0.25) is 0 Å². The van der Waals surface area contributed by atoms with E-state index in [-0.39, 0.29) is 24.5 Å². The average molecular weight is 367 g/mol. The Bertz CT molecular complexity index is 891. The Hall–Kier alpha value is -3.19. The Balaban J connectivity index is 1.64. The molecule has 4 amide bonds. The van der Waals surface area contributed by atoms with Gasteiger partial charge in [-0.15, -0.1) is 0 Å². The molecule has 27 heavy (non-hydrogen) atoms. The van der Waals surface area contributed by atoms with Crippen molar-refractivity contribution in [2.45, 2.75) is 33.0 Å². The topological polar surface area (TPSA) is 98.7 Å². The van der Waals surface area contributed by atoms with E-state index < -0.39 is 6.03 Å². The van der Waals surface area contributed by atoms with Gasteiger partial charge in [0.15, 0.2) is 0 Å². The maximum absolute atomic E-state index is 12.4. The molecule has 1 heterocycles. The number of imide groups is 1. The third-order valence-electron chi connectivity index (χ3n) is 4.35. The van der Waals surface area contributed by atoms with Crippen molar-refractivity contribution in [2.24, 2.45) is 0 Å². The van der Waals surface area contributed by atoms with Gasteiger partial charge in [-0.1, -0.05) is 24.3 Å². The number of fused-ring (bicyclic) bond motifs is 1. The molecule has 7 nitrogen and oxygen atoms in total. The highest BCUT2D eigenvalue weighted by atomic mass is 16.3. The summed E-state index contributed by atoms with van der Waals surface area (Å²) in [6.07, 6.45) is 0. The smallest absolute Gasteiger partial charge is 0.319 e. The number of nitrogens with zero attached hydrogens (tertiary/aromatic N) is 1. The Morgan fingerprint density at radius 2 is 1.63 bits per heavy atom. The van der Waals surface area contributed by atoms with Gasteiger partial charge in [0.05, 0.1) is 17.7 Å². The number of benzene rings is 2. The summed E-state index contributed by atoms with van der Waals surface area (Å²) in [6.45, 7) is 3.85. The summed E-state index contributed by atoms with van der Waals surface area (Å²) in [7, 11) is 0. The molecular weight excluding hydrogens is 346 g/mol. The lowest BCUT2D eigenvalue weighted by atomic mass is 10.1. The van der Waals surface area contributed by atoms with Crippen LogP contribution in [0, 0.1) is 0 Å². The van der Waals surface area contributed by atoms with Gasteiger partial charge in [-0.3, -0.25) is 14.5 Å². The van der Waals surface area contributed by atoms with Crippen LogP contribution < -0.4 is 10.6 Å². The lowest BCUT2D eigenvalue weighted by Gasteiger charge is -2.17.